The second-order valence-electron chi connectivity index (χ2n) is 8.45. The highest BCUT2D eigenvalue weighted by Gasteiger charge is 2.38. The number of nitrogens with zero attached hydrogens (tertiary/aromatic N) is 3. The van der Waals surface area contributed by atoms with Crippen molar-refractivity contribution in [2.45, 2.75) is 39.7 Å². The molecular weight excluding hydrogens is 389 g/mol. The van der Waals surface area contributed by atoms with E-state index < -0.39 is 6.09 Å². The summed E-state index contributed by atoms with van der Waals surface area (Å²) in [6.45, 7) is 4.49. The molecule has 30 heavy (non-hydrogen) atoms. The van der Waals surface area contributed by atoms with Crippen LogP contribution in [0, 0.1) is 11.2 Å². The van der Waals surface area contributed by atoms with Crippen molar-refractivity contribution in [3.05, 3.63) is 53.5 Å². The summed E-state index contributed by atoms with van der Waals surface area (Å²) in [5, 5.41) is 0. The first kappa shape index (κ1) is 20.0. The molecule has 3 heterocycles. The average Bonchev–Trinajstić information content (AvgIpc) is 2.67. The standard InChI is InChI=1S/C22H22FN3O4/c1-22(2)10-19(27)26(20(28)11-22)17-5-6-18(24-12-17)30-21(29)25-8-7-14-3-4-16(23)9-15(14)13-25/h3-6,9,12H,7-8,10-11,13H2,1-2H3. The molecule has 2 aliphatic rings. The number of amides is 3. The van der Waals surface area contributed by atoms with Crippen LogP contribution >= 0.6 is 0 Å². The van der Waals surface area contributed by atoms with E-state index in [1.54, 1.807) is 6.07 Å². The number of carbonyl (C=O) groups is 3. The van der Waals surface area contributed by atoms with Crippen molar-refractivity contribution in [1.82, 2.24) is 9.88 Å². The van der Waals surface area contributed by atoms with Gasteiger partial charge in [0.2, 0.25) is 17.7 Å². The molecular formula is C22H22FN3O4. The highest BCUT2D eigenvalue weighted by atomic mass is 19.1. The zero-order valence-electron chi connectivity index (χ0n) is 16.9. The van der Waals surface area contributed by atoms with Crippen molar-refractivity contribution >= 4 is 23.6 Å². The molecule has 1 aromatic heterocycles. The largest absolute Gasteiger partial charge is 0.416 e. The molecule has 0 radical (unpaired) electrons. The lowest BCUT2D eigenvalue weighted by Gasteiger charge is -2.34. The number of benzene rings is 1. The number of ether oxygens (including phenoxy) is 1. The number of fused-ring (bicyclic) bond motifs is 1. The smallest absolute Gasteiger partial charge is 0.391 e. The fourth-order valence-electron chi connectivity index (χ4n) is 3.87. The van der Waals surface area contributed by atoms with Crippen molar-refractivity contribution in [1.29, 1.82) is 0 Å². The van der Waals surface area contributed by atoms with Crippen molar-refractivity contribution in [2.75, 3.05) is 11.4 Å². The lowest BCUT2D eigenvalue weighted by molar-refractivity contribution is -0.132. The second-order valence-corrected chi connectivity index (χ2v) is 8.45. The third-order valence-electron chi connectivity index (χ3n) is 5.37. The molecule has 3 amide bonds. The normalized spacial score (nSPS) is 18.2. The second kappa shape index (κ2) is 7.51. The number of anilines is 1. The summed E-state index contributed by atoms with van der Waals surface area (Å²) in [6, 6.07) is 7.56. The number of halogens is 1. The Morgan fingerprint density at radius 1 is 1.10 bits per heavy atom. The molecule has 0 N–H and O–H groups in total. The maximum atomic E-state index is 13.5. The first-order valence-electron chi connectivity index (χ1n) is 9.78. The number of aromatic nitrogens is 1. The molecule has 156 valence electrons. The van der Waals surface area contributed by atoms with E-state index in [1.807, 2.05) is 13.8 Å². The van der Waals surface area contributed by atoms with Crippen LogP contribution in [0.25, 0.3) is 0 Å². The Morgan fingerprint density at radius 2 is 1.83 bits per heavy atom. The van der Waals surface area contributed by atoms with E-state index in [2.05, 4.69) is 4.98 Å². The Balaban J connectivity index is 1.42. The summed E-state index contributed by atoms with van der Waals surface area (Å²) in [5.74, 6) is -0.832. The van der Waals surface area contributed by atoms with E-state index in [9.17, 15) is 18.8 Å². The van der Waals surface area contributed by atoms with Crippen LogP contribution < -0.4 is 9.64 Å². The quantitative estimate of drug-likeness (QED) is 0.707. The Kier molecular flexibility index (Phi) is 5.01. The van der Waals surface area contributed by atoms with Gasteiger partial charge in [0.25, 0.3) is 0 Å². The van der Waals surface area contributed by atoms with Crippen LogP contribution in [0.1, 0.15) is 37.8 Å². The van der Waals surface area contributed by atoms with Gasteiger partial charge in [-0.3, -0.25) is 9.59 Å². The summed E-state index contributed by atoms with van der Waals surface area (Å²) in [7, 11) is 0. The Morgan fingerprint density at radius 3 is 2.50 bits per heavy atom. The molecule has 0 atom stereocenters. The van der Waals surface area contributed by atoms with Gasteiger partial charge in [-0.05, 0) is 41.2 Å². The minimum absolute atomic E-state index is 0.0611. The predicted molar refractivity (Wildman–Crippen MR) is 106 cm³/mol. The van der Waals surface area contributed by atoms with Crippen LogP contribution in [-0.2, 0) is 22.6 Å². The van der Waals surface area contributed by atoms with Crippen LogP contribution in [0.15, 0.2) is 36.5 Å². The number of rotatable bonds is 2. The number of piperidine rings is 1. The minimum atomic E-state index is -0.586. The number of pyridine rings is 1. The van der Waals surface area contributed by atoms with Gasteiger partial charge in [-0.1, -0.05) is 19.9 Å². The third-order valence-corrected chi connectivity index (χ3v) is 5.37. The van der Waals surface area contributed by atoms with Gasteiger partial charge >= 0.3 is 6.09 Å². The summed E-state index contributed by atoms with van der Waals surface area (Å²) in [5.41, 5.74) is 1.76. The number of hydrogen-bond acceptors (Lipinski definition) is 5. The molecule has 7 nitrogen and oxygen atoms in total. The third kappa shape index (κ3) is 4.03. The van der Waals surface area contributed by atoms with Gasteiger partial charge in [-0.2, -0.15) is 0 Å². The fraction of sp³-hybridized carbons (Fsp3) is 0.364. The molecule has 1 saturated heterocycles. The molecule has 0 saturated carbocycles. The number of carbonyl (C=O) groups excluding carboxylic acids is 3. The van der Waals surface area contributed by atoms with Gasteiger partial charge in [-0.15, -0.1) is 0 Å². The van der Waals surface area contributed by atoms with E-state index >= 15 is 0 Å². The van der Waals surface area contributed by atoms with E-state index in [0.717, 1.165) is 16.0 Å². The first-order chi connectivity index (χ1) is 14.2. The summed E-state index contributed by atoms with van der Waals surface area (Å²) >= 11 is 0. The predicted octanol–water partition coefficient (Wildman–Crippen LogP) is 3.46. The zero-order chi connectivity index (χ0) is 21.5. The van der Waals surface area contributed by atoms with Gasteiger partial charge < -0.3 is 9.64 Å². The van der Waals surface area contributed by atoms with Crippen LogP contribution in [0.2, 0.25) is 0 Å². The molecule has 1 aromatic carbocycles. The molecule has 0 spiro atoms. The lowest BCUT2D eigenvalue weighted by Crippen LogP contribution is -2.46. The molecule has 0 unspecified atom stereocenters. The average molecular weight is 411 g/mol. The molecule has 8 heteroatoms. The lowest BCUT2D eigenvalue weighted by atomic mass is 9.81. The van der Waals surface area contributed by atoms with Gasteiger partial charge in [0.05, 0.1) is 11.9 Å². The fourth-order valence-corrected chi connectivity index (χ4v) is 3.87. The first-order valence-corrected chi connectivity index (χ1v) is 9.78. The van der Waals surface area contributed by atoms with Gasteiger partial charge in [0.15, 0.2) is 0 Å². The van der Waals surface area contributed by atoms with E-state index in [4.69, 9.17) is 4.74 Å². The van der Waals surface area contributed by atoms with Crippen LogP contribution in [-0.4, -0.2) is 34.3 Å². The Hall–Kier alpha value is -3.29. The van der Waals surface area contributed by atoms with Crippen LogP contribution in [0.5, 0.6) is 5.88 Å². The van der Waals surface area contributed by atoms with Crippen molar-refractivity contribution in [2.24, 2.45) is 5.41 Å². The Labute approximate surface area is 173 Å². The summed E-state index contributed by atoms with van der Waals surface area (Å²) in [4.78, 5) is 43.9. The monoisotopic (exact) mass is 411 g/mol. The van der Waals surface area contributed by atoms with Crippen LogP contribution in [0.3, 0.4) is 0 Å². The van der Waals surface area contributed by atoms with Crippen molar-refractivity contribution in [3.8, 4) is 5.88 Å². The highest BCUT2D eigenvalue weighted by molar-refractivity contribution is 6.16. The molecule has 2 aliphatic heterocycles. The van der Waals surface area contributed by atoms with Crippen molar-refractivity contribution in [3.63, 3.8) is 0 Å². The van der Waals surface area contributed by atoms with E-state index in [-0.39, 0.29) is 48.3 Å². The van der Waals surface area contributed by atoms with Crippen LogP contribution in [0.4, 0.5) is 14.9 Å². The number of hydrogen-bond donors (Lipinski definition) is 0. The summed E-state index contributed by atoms with van der Waals surface area (Å²) in [6.07, 6.45) is 1.92. The number of imide groups is 1. The SMILES string of the molecule is CC1(C)CC(=O)N(c2ccc(OC(=O)N3CCc4ccc(F)cc4C3)nc2)C(=O)C1. The van der Waals surface area contributed by atoms with Gasteiger partial charge in [-0.25, -0.2) is 19.1 Å². The van der Waals surface area contributed by atoms with E-state index in [1.165, 1.54) is 35.4 Å². The van der Waals surface area contributed by atoms with Crippen molar-refractivity contribution < 1.29 is 23.5 Å². The topological polar surface area (TPSA) is 79.8 Å². The van der Waals surface area contributed by atoms with Gasteiger partial charge in [0, 0.05) is 32.0 Å². The maximum Gasteiger partial charge on any atom is 0.416 e. The molecule has 0 aliphatic carbocycles. The summed E-state index contributed by atoms with van der Waals surface area (Å²) < 4.78 is 18.8. The molecule has 2 aromatic rings. The zero-order valence-corrected chi connectivity index (χ0v) is 16.9. The molecule has 4 rings (SSSR count). The highest BCUT2D eigenvalue weighted by Crippen LogP contribution is 2.34. The molecule has 0 bridgehead atoms. The minimum Gasteiger partial charge on any atom is -0.391 e. The Bertz CT molecular complexity index is 1000. The van der Waals surface area contributed by atoms with E-state index in [0.29, 0.717) is 18.7 Å². The molecule has 1 fully saturated rings. The van der Waals surface area contributed by atoms with Gasteiger partial charge in [0.1, 0.15) is 5.82 Å². The maximum absolute atomic E-state index is 13.5.